The van der Waals surface area contributed by atoms with Crippen LogP contribution in [-0.2, 0) is 16.5 Å². The SMILES string of the molecule is Cn1c(N(C(=O)OC(C)(C)C)C(=O)OC(C)(C)C)nc2c(Br)cccc21. The van der Waals surface area contributed by atoms with Gasteiger partial charge in [-0.15, -0.1) is 4.90 Å². The van der Waals surface area contributed by atoms with Gasteiger partial charge in [-0.3, -0.25) is 0 Å². The summed E-state index contributed by atoms with van der Waals surface area (Å²) in [5, 5.41) is 0. The van der Waals surface area contributed by atoms with Crippen LogP contribution in [0.5, 0.6) is 0 Å². The largest absolute Gasteiger partial charge is 0.443 e. The number of benzene rings is 1. The summed E-state index contributed by atoms with van der Waals surface area (Å²) in [7, 11) is 1.72. The van der Waals surface area contributed by atoms with Crippen LogP contribution in [0, 0.1) is 0 Å². The predicted molar refractivity (Wildman–Crippen MR) is 103 cm³/mol. The number of amides is 2. The first kappa shape index (κ1) is 20.2. The molecule has 0 bridgehead atoms. The number of aromatic nitrogens is 2. The molecule has 2 rings (SSSR count). The van der Waals surface area contributed by atoms with E-state index in [2.05, 4.69) is 20.9 Å². The summed E-state index contributed by atoms with van der Waals surface area (Å²) in [5.41, 5.74) is -0.168. The molecular weight excluding hydrogens is 402 g/mol. The normalized spacial score (nSPS) is 12.2. The average Bonchev–Trinajstić information content (AvgIpc) is 2.74. The van der Waals surface area contributed by atoms with E-state index < -0.39 is 23.4 Å². The highest BCUT2D eigenvalue weighted by molar-refractivity contribution is 9.10. The van der Waals surface area contributed by atoms with Gasteiger partial charge in [0.2, 0.25) is 5.95 Å². The molecule has 1 heterocycles. The third-order valence-corrected chi connectivity index (χ3v) is 3.83. The van der Waals surface area contributed by atoms with Gasteiger partial charge in [0.05, 0.1) is 5.52 Å². The zero-order valence-corrected chi connectivity index (χ0v) is 17.7. The maximum Gasteiger partial charge on any atom is 0.427 e. The zero-order chi connectivity index (χ0) is 19.9. The van der Waals surface area contributed by atoms with Gasteiger partial charge < -0.3 is 14.0 Å². The van der Waals surface area contributed by atoms with Gasteiger partial charge in [0.25, 0.3) is 0 Å². The van der Waals surface area contributed by atoms with Gasteiger partial charge in [0.15, 0.2) is 0 Å². The van der Waals surface area contributed by atoms with Crippen molar-refractivity contribution in [3.63, 3.8) is 0 Å². The van der Waals surface area contributed by atoms with Crippen LogP contribution in [0.1, 0.15) is 41.5 Å². The van der Waals surface area contributed by atoms with Gasteiger partial charge in [-0.1, -0.05) is 6.07 Å². The Balaban J connectivity index is 2.57. The van der Waals surface area contributed by atoms with Crippen LogP contribution in [0.15, 0.2) is 22.7 Å². The van der Waals surface area contributed by atoms with E-state index in [9.17, 15) is 9.59 Å². The highest BCUT2D eigenvalue weighted by atomic mass is 79.9. The van der Waals surface area contributed by atoms with Gasteiger partial charge in [-0.05, 0) is 69.6 Å². The Bertz CT molecular complexity index is 818. The first-order valence-electron chi connectivity index (χ1n) is 8.17. The summed E-state index contributed by atoms with van der Waals surface area (Å²) in [6, 6.07) is 5.53. The molecule has 1 aromatic heterocycles. The summed E-state index contributed by atoms with van der Waals surface area (Å²) in [6.45, 7) is 10.4. The number of halogens is 1. The van der Waals surface area contributed by atoms with Crippen LogP contribution in [0.25, 0.3) is 11.0 Å². The van der Waals surface area contributed by atoms with Gasteiger partial charge in [0, 0.05) is 11.5 Å². The highest BCUT2D eigenvalue weighted by Crippen LogP contribution is 2.29. The van der Waals surface area contributed by atoms with Gasteiger partial charge in [0.1, 0.15) is 16.7 Å². The van der Waals surface area contributed by atoms with Crippen LogP contribution >= 0.6 is 15.9 Å². The molecule has 26 heavy (non-hydrogen) atoms. The third kappa shape index (κ3) is 4.55. The number of fused-ring (bicyclic) bond motifs is 1. The van der Waals surface area contributed by atoms with Gasteiger partial charge >= 0.3 is 12.2 Å². The van der Waals surface area contributed by atoms with Crippen molar-refractivity contribution in [3.05, 3.63) is 22.7 Å². The molecule has 0 aliphatic heterocycles. The fourth-order valence-corrected chi connectivity index (χ4v) is 2.67. The van der Waals surface area contributed by atoms with E-state index in [0.29, 0.717) is 5.52 Å². The number of imidazole rings is 1. The van der Waals surface area contributed by atoms with Crippen LogP contribution in [0.3, 0.4) is 0 Å². The molecule has 0 aliphatic rings. The lowest BCUT2D eigenvalue weighted by Crippen LogP contribution is -2.44. The topological polar surface area (TPSA) is 73.7 Å². The van der Waals surface area contributed by atoms with E-state index in [4.69, 9.17) is 9.47 Å². The summed E-state index contributed by atoms with van der Waals surface area (Å²) < 4.78 is 13.2. The molecule has 2 amide bonds. The average molecular weight is 426 g/mol. The highest BCUT2D eigenvalue weighted by Gasteiger charge is 2.35. The molecule has 7 nitrogen and oxygen atoms in total. The number of hydrogen-bond acceptors (Lipinski definition) is 5. The monoisotopic (exact) mass is 425 g/mol. The molecule has 0 fully saturated rings. The Morgan fingerprint density at radius 3 is 1.96 bits per heavy atom. The van der Waals surface area contributed by atoms with Crippen molar-refractivity contribution >= 4 is 45.1 Å². The maximum atomic E-state index is 12.7. The first-order chi connectivity index (χ1) is 11.8. The number of rotatable bonds is 1. The molecular formula is C18H24BrN3O4. The molecule has 8 heteroatoms. The maximum absolute atomic E-state index is 12.7. The van der Waals surface area contributed by atoms with Crippen LogP contribution in [0.2, 0.25) is 0 Å². The van der Waals surface area contributed by atoms with E-state index in [1.807, 2.05) is 18.2 Å². The molecule has 0 aliphatic carbocycles. The number of nitrogens with zero attached hydrogens (tertiary/aromatic N) is 3. The second-order valence-corrected chi connectivity index (χ2v) is 8.73. The Morgan fingerprint density at radius 2 is 1.54 bits per heavy atom. The van der Waals surface area contributed by atoms with Crippen molar-refractivity contribution in [3.8, 4) is 0 Å². The smallest absolute Gasteiger partial charge is 0.427 e. The number of carbonyl (C=O) groups is 2. The van der Waals surface area contributed by atoms with Crippen LogP contribution in [0.4, 0.5) is 15.5 Å². The Hall–Kier alpha value is -2.09. The van der Waals surface area contributed by atoms with E-state index in [1.54, 1.807) is 53.2 Å². The van der Waals surface area contributed by atoms with Crippen molar-refractivity contribution in [1.82, 2.24) is 9.55 Å². The summed E-state index contributed by atoms with van der Waals surface area (Å²) in [4.78, 5) is 30.8. The Morgan fingerprint density at radius 1 is 1.04 bits per heavy atom. The fraction of sp³-hybridized carbons (Fsp3) is 0.500. The van der Waals surface area contributed by atoms with Crippen molar-refractivity contribution in [2.24, 2.45) is 7.05 Å². The minimum Gasteiger partial charge on any atom is -0.443 e. The Labute approximate surface area is 161 Å². The lowest BCUT2D eigenvalue weighted by atomic mass is 10.2. The standard InChI is InChI=1S/C18H24BrN3O4/c1-17(2,3)25-15(23)22(16(24)26-18(4,5)6)14-20-13-11(19)9-8-10-12(13)21(14)7/h8-10H,1-7H3. The molecule has 0 radical (unpaired) electrons. The summed E-state index contributed by atoms with van der Waals surface area (Å²) in [5.74, 6) is 0.121. The molecule has 0 saturated carbocycles. The number of para-hydroxylation sites is 1. The van der Waals surface area contributed by atoms with E-state index in [1.165, 1.54) is 0 Å². The minimum atomic E-state index is -0.846. The van der Waals surface area contributed by atoms with Gasteiger partial charge in [-0.2, -0.15) is 0 Å². The Kier molecular flexibility index (Phi) is 5.37. The van der Waals surface area contributed by atoms with Crippen LogP contribution in [-0.4, -0.2) is 32.9 Å². The third-order valence-electron chi connectivity index (χ3n) is 3.19. The minimum absolute atomic E-state index is 0.121. The van der Waals surface area contributed by atoms with Crippen molar-refractivity contribution in [2.75, 3.05) is 4.90 Å². The molecule has 1 aromatic carbocycles. The number of ether oxygens (including phenoxy) is 2. The number of anilines is 1. The van der Waals surface area contributed by atoms with Gasteiger partial charge in [-0.25, -0.2) is 14.6 Å². The summed E-state index contributed by atoms with van der Waals surface area (Å²) in [6.07, 6.45) is -1.69. The van der Waals surface area contributed by atoms with E-state index in [-0.39, 0.29) is 5.95 Å². The second-order valence-electron chi connectivity index (χ2n) is 7.87. The van der Waals surface area contributed by atoms with Crippen molar-refractivity contribution in [1.29, 1.82) is 0 Å². The predicted octanol–water partition coefficient (Wildman–Crippen LogP) is 5.01. The van der Waals surface area contributed by atoms with E-state index >= 15 is 0 Å². The number of aryl methyl sites for hydroxylation is 1. The molecule has 0 atom stereocenters. The lowest BCUT2D eigenvalue weighted by molar-refractivity contribution is 0.0426. The van der Waals surface area contributed by atoms with E-state index in [0.717, 1.165) is 14.9 Å². The molecule has 0 unspecified atom stereocenters. The van der Waals surface area contributed by atoms with Crippen molar-refractivity contribution in [2.45, 2.75) is 52.7 Å². The quantitative estimate of drug-likeness (QED) is 0.641. The molecule has 0 spiro atoms. The fourth-order valence-electron chi connectivity index (χ4n) is 2.22. The molecule has 0 saturated heterocycles. The molecule has 142 valence electrons. The second kappa shape index (κ2) is 6.90. The zero-order valence-electron chi connectivity index (χ0n) is 16.1. The number of imide groups is 1. The number of carbonyl (C=O) groups excluding carboxylic acids is 2. The van der Waals surface area contributed by atoms with Crippen molar-refractivity contribution < 1.29 is 19.1 Å². The molecule has 0 N–H and O–H groups in total. The van der Waals surface area contributed by atoms with Crippen LogP contribution < -0.4 is 4.90 Å². The number of hydrogen-bond donors (Lipinski definition) is 0. The first-order valence-corrected chi connectivity index (χ1v) is 8.96. The molecule has 2 aromatic rings. The lowest BCUT2D eigenvalue weighted by Gasteiger charge is -2.27. The summed E-state index contributed by atoms with van der Waals surface area (Å²) >= 11 is 3.44.